The van der Waals surface area contributed by atoms with Gasteiger partial charge in [-0.1, -0.05) is 126 Å². The molecule has 0 heterocycles. The molecule has 0 saturated heterocycles. The zero-order chi connectivity index (χ0) is 21.8. The van der Waals surface area contributed by atoms with E-state index >= 15 is 0 Å². The van der Waals surface area contributed by atoms with E-state index in [2.05, 4.69) is 111 Å². The molecule has 164 valence electrons. The van der Waals surface area contributed by atoms with Gasteiger partial charge in [-0.15, -0.1) is 0 Å². The van der Waals surface area contributed by atoms with E-state index in [-0.39, 0.29) is 5.54 Å². The van der Waals surface area contributed by atoms with Gasteiger partial charge in [-0.2, -0.15) is 0 Å². The Kier molecular flexibility index (Phi) is 6.98. The highest BCUT2D eigenvalue weighted by molar-refractivity contribution is 6.83. The summed E-state index contributed by atoms with van der Waals surface area (Å²) >= 11 is 0. The number of hydrogen-bond donors (Lipinski definition) is 0. The van der Waals surface area contributed by atoms with E-state index in [0.29, 0.717) is 17.9 Å². The molecule has 0 spiro atoms. The summed E-state index contributed by atoms with van der Waals surface area (Å²) < 4.78 is 3.05. The summed E-state index contributed by atoms with van der Waals surface area (Å²) in [5, 5.41) is 3.08. The summed E-state index contributed by atoms with van der Waals surface area (Å²) in [5.41, 5.74) is 1.51. The smallest absolute Gasteiger partial charge is 0.177 e. The summed E-state index contributed by atoms with van der Waals surface area (Å²) in [6, 6.07) is 23.5. The number of nitrogens with zero attached hydrogens (tertiary/aromatic N) is 1. The van der Waals surface area contributed by atoms with Crippen molar-refractivity contribution in [1.82, 2.24) is 4.57 Å². The molecule has 0 aliphatic heterocycles. The van der Waals surface area contributed by atoms with Gasteiger partial charge in [0, 0.05) is 6.04 Å². The Morgan fingerprint density at radius 2 is 1.35 bits per heavy atom. The first kappa shape index (κ1) is 22.3. The Hall–Kier alpha value is -1.90. The predicted octanol–water partition coefficient (Wildman–Crippen LogP) is 5.71. The second kappa shape index (κ2) is 9.71. The molecule has 1 nitrogen and oxygen atoms in total. The fraction of sp³-hybridized carbons (Fsp3) is 0.448. The lowest BCUT2D eigenvalue weighted by atomic mass is 9.84. The maximum atomic E-state index is 3.05. The average Bonchev–Trinajstić information content (AvgIpc) is 3.26. The zero-order valence-electron chi connectivity index (χ0n) is 19.8. The van der Waals surface area contributed by atoms with Gasteiger partial charge in [0.15, 0.2) is 8.96 Å². The van der Waals surface area contributed by atoms with Crippen LogP contribution in [0.1, 0.15) is 59.8 Å². The van der Waals surface area contributed by atoms with E-state index in [0.717, 1.165) is 0 Å². The van der Waals surface area contributed by atoms with E-state index in [4.69, 9.17) is 0 Å². The topological polar surface area (TPSA) is 3.24 Å². The highest BCUT2D eigenvalue weighted by Gasteiger charge is 2.46. The third-order valence-electron chi connectivity index (χ3n) is 7.46. The second-order valence-electron chi connectivity index (χ2n) is 10.1. The predicted molar refractivity (Wildman–Crippen MR) is 138 cm³/mol. The molecule has 2 aromatic carbocycles. The molecule has 0 aromatic heterocycles. The maximum absolute atomic E-state index is 3.05. The van der Waals surface area contributed by atoms with E-state index in [1.54, 1.807) is 10.4 Å². The molecular formula is C29H39NSi. The third-order valence-corrected chi connectivity index (χ3v) is 10.9. The molecule has 0 amide bonds. The van der Waals surface area contributed by atoms with Crippen LogP contribution in [0, 0.1) is 11.8 Å². The first-order valence-corrected chi connectivity index (χ1v) is 14.0. The molecule has 1 atom stereocenters. The number of allylic oxidation sites excluding steroid dienone is 2. The van der Waals surface area contributed by atoms with Gasteiger partial charge in [-0.3, -0.25) is 0 Å². The summed E-state index contributed by atoms with van der Waals surface area (Å²) in [5.74, 6) is 1.10. The van der Waals surface area contributed by atoms with Gasteiger partial charge in [-0.25, -0.2) is 0 Å². The highest BCUT2D eigenvalue weighted by Crippen LogP contribution is 2.41. The summed E-state index contributed by atoms with van der Waals surface area (Å²) in [7, 11) is -1.64. The molecule has 0 N–H and O–H groups in total. The molecule has 2 aliphatic rings. The molecule has 4 rings (SSSR count). The molecule has 2 heteroatoms. The van der Waals surface area contributed by atoms with E-state index < -0.39 is 8.96 Å². The molecule has 1 unspecified atom stereocenters. The van der Waals surface area contributed by atoms with Crippen LogP contribution in [0.2, 0.25) is 0 Å². The van der Waals surface area contributed by atoms with Crippen LogP contribution in [0.3, 0.4) is 0 Å². The minimum atomic E-state index is -1.64. The van der Waals surface area contributed by atoms with Crippen molar-refractivity contribution in [3.8, 4) is 0 Å². The van der Waals surface area contributed by atoms with Crippen LogP contribution in [0.25, 0.3) is 0 Å². The summed E-state index contributed by atoms with van der Waals surface area (Å²) in [6.45, 7) is 9.53. The van der Waals surface area contributed by atoms with Gasteiger partial charge in [0.05, 0.1) is 5.54 Å². The Morgan fingerprint density at radius 3 is 1.81 bits per heavy atom. The lowest BCUT2D eigenvalue weighted by molar-refractivity contribution is 0.146. The van der Waals surface area contributed by atoms with Crippen molar-refractivity contribution >= 4 is 19.3 Å². The first-order chi connectivity index (χ1) is 15.0. The molecule has 2 aromatic rings. The van der Waals surface area contributed by atoms with Gasteiger partial charge >= 0.3 is 0 Å². The Bertz CT molecular complexity index is 853. The van der Waals surface area contributed by atoms with E-state index in [1.165, 1.54) is 37.7 Å². The molecular weight excluding hydrogens is 390 g/mol. The fourth-order valence-electron chi connectivity index (χ4n) is 5.66. The Labute approximate surface area is 191 Å². The number of hydrogen-bond acceptors (Lipinski definition) is 1. The van der Waals surface area contributed by atoms with Crippen molar-refractivity contribution in [1.29, 1.82) is 0 Å². The van der Waals surface area contributed by atoms with Gasteiger partial charge < -0.3 is 4.57 Å². The SMILES string of the molecule is CC(C)C1=CC(C(C)C)(N(C2CCCCC2)[SiH](c2ccccc2)c2ccccc2)C=C1. The second-order valence-corrected chi connectivity index (χ2v) is 12.8. The third kappa shape index (κ3) is 4.52. The van der Waals surface area contributed by atoms with Gasteiger partial charge in [0.1, 0.15) is 0 Å². The van der Waals surface area contributed by atoms with Crippen molar-refractivity contribution < 1.29 is 0 Å². The van der Waals surface area contributed by atoms with Crippen molar-refractivity contribution in [3.63, 3.8) is 0 Å². The van der Waals surface area contributed by atoms with Crippen molar-refractivity contribution in [2.75, 3.05) is 0 Å². The fourth-order valence-corrected chi connectivity index (χ4v) is 9.49. The molecule has 31 heavy (non-hydrogen) atoms. The summed E-state index contributed by atoms with van der Waals surface area (Å²) in [6.07, 6.45) is 14.4. The minimum absolute atomic E-state index is 0.00415. The van der Waals surface area contributed by atoms with Gasteiger partial charge in [0.2, 0.25) is 0 Å². The quantitative estimate of drug-likeness (QED) is 0.510. The molecule has 1 saturated carbocycles. The maximum Gasteiger partial charge on any atom is 0.177 e. The van der Waals surface area contributed by atoms with Crippen molar-refractivity contribution in [2.24, 2.45) is 11.8 Å². The van der Waals surface area contributed by atoms with Crippen LogP contribution >= 0.6 is 0 Å². The minimum Gasteiger partial charge on any atom is -0.304 e. The normalized spacial score (nSPS) is 22.1. The molecule has 0 radical (unpaired) electrons. The highest BCUT2D eigenvalue weighted by atomic mass is 28.3. The van der Waals surface area contributed by atoms with Gasteiger partial charge in [-0.05, 0) is 40.6 Å². The Balaban J connectivity index is 1.91. The van der Waals surface area contributed by atoms with E-state index in [1.807, 2.05) is 0 Å². The van der Waals surface area contributed by atoms with Crippen molar-refractivity contribution in [2.45, 2.75) is 71.4 Å². The van der Waals surface area contributed by atoms with Crippen LogP contribution in [-0.4, -0.2) is 25.1 Å². The van der Waals surface area contributed by atoms with Crippen LogP contribution in [0.5, 0.6) is 0 Å². The summed E-state index contributed by atoms with van der Waals surface area (Å²) in [4.78, 5) is 0. The van der Waals surface area contributed by atoms with Crippen LogP contribution in [0.15, 0.2) is 84.5 Å². The molecule has 1 fully saturated rings. The average molecular weight is 430 g/mol. The number of rotatable bonds is 7. The van der Waals surface area contributed by atoms with Crippen molar-refractivity contribution in [3.05, 3.63) is 84.5 Å². The standard InChI is InChI=1S/C29H39NSi/c1-23(2)25-20-21-29(22-25,24(3)4)30(26-14-8-5-9-15-26)31(27-16-10-6-11-17-27)28-18-12-7-13-19-28/h6-7,10-13,16-24,26,31H,5,8-9,14-15H2,1-4H3. The largest absolute Gasteiger partial charge is 0.304 e. The zero-order valence-corrected chi connectivity index (χ0v) is 21.0. The monoisotopic (exact) mass is 429 g/mol. The van der Waals surface area contributed by atoms with E-state index in [9.17, 15) is 0 Å². The lowest BCUT2D eigenvalue weighted by Gasteiger charge is -2.52. The van der Waals surface area contributed by atoms with Crippen LogP contribution in [0.4, 0.5) is 0 Å². The Morgan fingerprint density at radius 1 is 0.806 bits per heavy atom. The number of benzene rings is 2. The van der Waals surface area contributed by atoms with Gasteiger partial charge in [0.25, 0.3) is 0 Å². The first-order valence-electron chi connectivity index (χ1n) is 12.3. The lowest BCUT2D eigenvalue weighted by Crippen LogP contribution is -2.68. The van der Waals surface area contributed by atoms with Crippen LogP contribution in [-0.2, 0) is 0 Å². The van der Waals surface area contributed by atoms with Crippen LogP contribution < -0.4 is 10.4 Å². The molecule has 2 aliphatic carbocycles. The molecule has 0 bridgehead atoms.